The molecule has 1 fully saturated rings. The molecule has 28 heavy (non-hydrogen) atoms. The Balaban J connectivity index is 1.77. The molecule has 0 unspecified atom stereocenters. The highest BCUT2D eigenvalue weighted by molar-refractivity contribution is 7.91. The molecule has 3 aromatic rings. The van der Waals surface area contributed by atoms with E-state index in [9.17, 15) is 8.42 Å². The van der Waals surface area contributed by atoms with Crippen molar-refractivity contribution in [1.82, 2.24) is 4.98 Å². The number of nitrogens with one attached hydrogen (secondary N) is 1. The van der Waals surface area contributed by atoms with Crippen LogP contribution in [0.15, 0.2) is 68.9 Å². The van der Waals surface area contributed by atoms with Crippen molar-refractivity contribution in [2.75, 3.05) is 5.32 Å². The summed E-state index contributed by atoms with van der Waals surface area (Å²) in [5.74, 6) is 0.493. The predicted molar refractivity (Wildman–Crippen MR) is 109 cm³/mol. The highest BCUT2D eigenvalue weighted by atomic mass is 35.5. The van der Waals surface area contributed by atoms with Gasteiger partial charge in [-0.2, -0.15) is 4.98 Å². The van der Waals surface area contributed by atoms with Gasteiger partial charge >= 0.3 is 0 Å². The zero-order valence-corrected chi connectivity index (χ0v) is 16.8. The monoisotopic (exact) mass is 416 g/mol. The molecule has 1 saturated carbocycles. The maximum Gasteiger partial charge on any atom is 0.234 e. The van der Waals surface area contributed by atoms with Crippen LogP contribution in [-0.4, -0.2) is 19.4 Å². The second kappa shape index (κ2) is 7.97. The molecule has 0 amide bonds. The minimum atomic E-state index is -3.85. The molecule has 0 aliphatic heterocycles. The van der Waals surface area contributed by atoms with Crippen molar-refractivity contribution < 1.29 is 12.8 Å². The molecule has 146 valence electrons. The van der Waals surface area contributed by atoms with Crippen LogP contribution < -0.4 is 5.32 Å². The molecule has 4 rings (SSSR count). The molecular formula is C21H21ClN2O3S. The van der Waals surface area contributed by atoms with Gasteiger partial charge in [0.15, 0.2) is 0 Å². The number of hydrogen-bond donors (Lipinski definition) is 1. The van der Waals surface area contributed by atoms with Crippen LogP contribution >= 0.6 is 11.6 Å². The topological polar surface area (TPSA) is 72.2 Å². The molecule has 0 radical (unpaired) electrons. The van der Waals surface area contributed by atoms with Crippen molar-refractivity contribution in [1.29, 1.82) is 0 Å². The number of sulfone groups is 1. The summed E-state index contributed by atoms with van der Waals surface area (Å²) in [4.78, 5) is 4.50. The van der Waals surface area contributed by atoms with Gasteiger partial charge in [-0.25, -0.2) is 8.42 Å². The summed E-state index contributed by atoms with van der Waals surface area (Å²) in [7, 11) is -3.85. The normalized spacial score (nSPS) is 15.5. The van der Waals surface area contributed by atoms with Crippen molar-refractivity contribution in [3.8, 4) is 11.5 Å². The van der Waals surface area contributed by atoms with Gasteiger partial charge < -0.3 is 9.73 Å². The summed E-state index contributed by atoms with van der Waals surface area (Å²) in [5.41, 5.74) is 0.728. The van der Waals surface area contributed by atoms with Crippen LogP contribution in [-0.2, 0) is 9.84 Å². The van der Waals surface area contributed by atoms with Gasteiger partial charge in [-0.05, 0) is 49.2 Å². The van der Waals surface area contributed by atoms with E-state index in [4.69, 9.17) is 16.0 Å². The number of halogens is 1. The number of benzene rings is 2. The van der Waals surface area contributed by atoms with Gasteiger partial charge in [-0.1, -0.05) is 49.1 Å². The quantitative estimate of drug-likeness (QED) is 0.588. The van der Waals surface area contributed by atoms with Crippen molar-refractivity contribution in [3.63, 3.8) is 0 Å². The number of anilines is 1. The lowest BCUT2D eigenvalue weighted by molar-refractivity contribution is 0.450. The first-order chi connectivity index (χ1) is 13.5. The molecule has 5 nitrogen and oxygen atoms in total. The maximum atomic E-state index is 13.2. The molecule has 0 bridgehead atoms. The lowest BCUT2D eigenvalue weighted by Crippen LogP contribution is -2.23. The summed E-state index contributed by atoms with van der Waals surface area (Å²) in [6.45, 7) is 0. The van der Waals surface area contributed by atoms with E-state index in [1.807, 2.05) is 30.3 Å². The van der Waals surface area contributed by atoms with Crippen LogP contribution in [0.5, 0.6) is 0 Å². The average molecular weight is 417 g/mol. The van der Waals surface area contributed by atoms with E-state index >= 15 is 0 Å². The van der Waals surface area contributed by atoms with E-state index in [0.29, 0.717) is 5.02 Å². The third-order valence-electron chi connectivity index (χ3n) is 4.94. The summed E-state index contributed by atoms with van der Waals surface area (Å²) in [6.07, 6.45) is 5.43. The van der Waals surface area contributed by atoms with Gasteiger partial charge in [0.1, 0.15) is 0 Å². The van der Waals surface area contributed by atoms with Crippen LogP contribution in [0.3, 0.4) is 0 Å². The molecular weight excluding hydrogens is 396 g/mol. The number of hydrogen-bond acceptors (Lipinski definition) is 5. The number of nitrogens with zero attached hydrogens (tertiary/aromatic N) is 1. The van der Waals surface area contributed by atoms with Crippen LogP contribution in [0.1, 0.15) is 32.1 Å². The van der Waals surface area contributed by atoms with Crippen molar-refractivity contribution in [2.45, 2.75) is 48.1 Å². The summed E-state index contributed by atoms with van der Waals surface area (Å²) in [6, 6.07) is 15.6. The first-order valence-corrected chi connectivity index (χ1v) is 11.2. The minimum absolute atomic E-state index is 0.0840. The molecule has 2 aromatic carbocycles. The molecule has 7 heteroatoms. The fourth-order valence-electron chi connectivity index (χ4n) is 3.44. The molecule has 0 atom stereocenters. The Morgan fingerprint density at radius 1 is 0.964 bits per heavy atom. The number of rotatable bonds is 5. The molecule has 1 aliphatic carbocycles. The van der Waals surface area contributed by atoms with Gasteiger partial charge in [0.25, 0.3) is 0 Å². The lowest BCUT2D eigenvalue weighted by Gasteiger charge is -2.22. The Labute approximate surface area is 169 Å². The first kappa shape index (κ1) is 19.0. The smallest absolute Gasteiger partial charge is 0.234 e. The van der Waals surface area contributed by atoms with E-state index in [1.165, 1.54) is 18.6 Å². The lowest BCUT2D eigenvalue weighted by atomic mass is 9.96. The van der Waals surface area contributed by atoms with E-state index in [2.05, 4.69) is 10.3 Å². The van der Waals surface area contributed by atoms with Crippen molar-refractivity contribution in [2.24, 2.45) is 0 Å². The fraction of sp³-hybridized carbons (Fsp3) is 0.286. The van der Waals surface area contributed by atoms with Crippen LogP contribution in [0.2, 0.25) is 5.02 Å². The van der Waals surface area contributed by atoms with E-state index < -0.39 is 9.84 Å². The van der Waals surface area contributed by atoms with Gasteiger partial charge in [0.2, 0.25) is 26.6 Å². The Morgan fingerprint density at radius 3 is 2.32 bits per heavy atom. The van der Waals surface area contributed by atoms with E-state index in [1.54, 1.807) is 12.1 Å². The van der Waals surface area contributed by atoms with E-state index in [0.717, 1.165) is 31.2 Å². The summed E-state index contributed by atoms with van der Waals surface area (Å²) >= 11 is 5.91. The Hall–Kier alpha value is -2.31. The molecule has 1 aliphatic rings. The SMILES string of the molecule is O=S(=O)(c1ccc(Cl)cc1)c1nc(-c2ccccc2)oc1NC1CCCCC1. The Kier molecular flexibility index (Phi) is 5.42. The standard InChI is InChI=1S/C21H21ClN2O3S/c22-16-11-13-18(14-12-16)28(25,26)21-20(23-17-9-5-2-6-10-17)27-19(24-21)15-7-3-1-4-8-15/h1,3-4,7-8,11-14,17,23H,2,5-6,9-10H2. The van der Waals surface area contributed by atoms with Gasteiger partial charge in [-0.3, -0.25) is 0 Å². The molecule has 0 spiro atoms. The van der Waals surface area contributed by atoms with Gasteiger partial charge in [0, 0.05) is 16.6 Å². The van der Waals surface area contributed by atoms with Crippen LogP contribution in [0.25, 0.3) is 11.5 Å². The zero-order valence-electron chi connectivity index (χ0n) is 15.3. The second-order valence-electron chi connectivity index (χ2n) is 6.96. The van der Waals surface area contributed by atoms with Crippen LogP contribution in [0.4, 0.5) is 5.88 Å². The minimum Gasteiger partial charge on any atom is -0.419 e. The molecule has 1 N–H and O–H groups in total. The van der Waals surface area contributed by atoms with E-state index in [-0.39, 0.29) is 27.7 Å². The maximum absolute atomic E-state index is 13.2. The summed E-state index contributed by atoms with van der Waals surface area (Å²) in [5, 5.41) is 3.68. The second-order valence-corrected chi connectivity index (χ2v) is 9.26. The zero-order chi connectivity index (χ0) is 19.6. The third-order valence-corrected chi connectivity index (χ3v) is 6.87. The third kappa shape index (κ3) is 3.93. The predicted octanol–water partition coefficient (Wildman–Crippen LogP) is 5.57. The molecule has 1 aromatic heterocycles. The number of aromatic nitrogens is 1. The first-order valence-electron chi connectivity index (χ1n) is 9.37. The van der Waals surface area contributed by atoms with Gasteiger partial charge in [-0.15, -0.1) is 0 Å². The highest BCUT2D eigenvalue weighted by Crippen LogP contribution is 2.34. The largest absolute Gasteiger partial charge is 0.419 e. The molecule has 1 heterocycles. The average Bonchev–Trinajstić information content (AvgIpc) is 3.14. The van der Waals surface area contributed by atoms with Crippen LogP contribution in [0, 0.1) is 0 Å². The van der Waals surface area contributed by atoms with Gasteiger partial charge in [0.05, 0.1) is 4.90 Å². The molecule has 0 saturated heterocycles. The van der Waals surface area contributed by atoms with Crippen molar-refractivity contribution in [3.05, 3.63) is 59.6 Å². The van der Waals surface area contributed by atoms with Crippen molar-refractivity contribution >= 4 is 27.3 Å². The fourth-order valence-corrected chi connectivity index (χ4v) is 4.83. The number of oxazole rings is 1. The summed E-state index contributed by atoms with van der Waals surface area (Å²) < 4.78 is 32.4. The Morgan fingerprint density at radius 2 is 1.64 bits per heavy atom. The highest BCUT2D eigenvalue weighted by Gasteiger charge is 2.30. The Bertz CT molecular complexity index is 1040.